The number of hydrogen-bond acceptors (Lipinski definition) is 4. The number of rotatable bonds is 2. The Kier molecular flexibility index (Phi) is 4.05. The van der Waals surface area contributed by atoms with E-state index >= 15 is 0 Å². The third-order valence-electron chi connectivity index (χ3n) is 4.21. The molecule has 6 heteroatoms. The predicted molar refractivity (Wildman–Crippen MR) is 78.4 cm³/mol. The van der Waals surface area contributed by atoms with Crippen LogP contribution < -0.4 is 0 Å². The molecule has 0 unspecified atom stereocenters. The molecule has 5 nitrogen and oxygen atoms in total. The van der Waals surface area contributed by atoms with Gasteiger partial charge in [0.25, 0.3) is 0 Å². The van der Waals surface area contributed by atoms with Crippen LogP contribution in [0.4, 0.5) is 0 Å². The molecule has 21 heavy (non-hydrogen) atoms. The zero-order valence-corrected chi connectivity index (χ0v) is 13.1. The fourth-order valence-corrected chi connectivity index (χ4v) is 4.62. The molecule has 1 spiro atoms. The minimum atomic E-state index is -3.43. The van der Waals surface area contributed by atoms with Crippen molar-refractivity contribution in [3.63, 3.8) is 0 Å². The number of aryl methyl sites for hydroxylation is 1. The Hall–Kier alpha value is -0.950. The Labute approximate surface area is 125 Å². The quantitative estimate of drug-likeness (QED) is 0.837. The first kappa shape index (κ1) is 15.0. The Balaban J connectivity index is 1.76. The number of benzene rings is 1. The average Bonchev–Trinajstić information content (AvgIpc) is 2.49. The zero-order valence-electron chi connectivity index (χ0n) is 12.2. The maximum atomic E-state index is 12.7. The van der Waals surface area contributed by atoms with Crippen molar-refractivity contribution in [2.45, 2.75) is 36.9 Å². The molecule has 0 aromatic heterocycles. The summed E-state index contributed by atoms with van der Waals surface area (Å²) in [4.78, 5) is 0.395. The van der Waals surface area contributed by atoms with Gasteiger partial charge in [0.15, 0.2) is 5.79 Å². The second kappa shape index (κ2) is 5.68. The van der Waals surface area contributed by atoms with Gasteiger partial charge in [-0.05, 0) is 25.0 Å². The zero-order chi connectivity index (χ0) is 14.9. The van der Waals surface area contributed by atoms with Gasteiger partial charge in [0.2, 0.25) is 10.0 Å². The first-order valence-electron chi connectivity index (χ1n) is 7.37. The Morgan fingerprint density at radius 2 is 1.71 bits per heavy atom. The Bertz CT molecular complexity index is 598. The van der Waals surface area contributed by atoms with Gasteiger partial charge in [-0.15, -0.1) is 0 Å². The van der Waals surface area contributed by atoms with Crippen LogP contribution in [0.25, 0.3) is 0 Å². The standard InChI is InChI=1S/C15H21NO4S/c1-13-5-2-3-6-14(13)21(17,18)16-9-7-15(8-10-16)19-11-4-12-20-15/h2-3,5-6H,4,7-12H2,1H3. The summed E-state index contributed by atoms with van der Waals surface area (Å²) in [6.45, 7) is 4.11. The van der Waals surface area contributed by atoms with Gasteiger partial charge < -0.3 is 9.47 Å². The highest BCUT2D eigenvalue weighted by molar-refractivity contribution is 7.89. The van der Waals surface area contributed by atoms with E-state index in [4.69, 9.17) is 9.47 Å². The van der Waals surface area contributed by atoms with E-state index in [2.05, 4.69) is 0 Å². The van der Waals surface area contributed by atoms with Crippen molar-refractivity contribution in [3.05, 3.63) is 29.8 Å². The topological polar surface area (TPSA) is 55.8 Å². The summed E-state index contributed by atoms with van der Waals surface area (Å²) in [6, 6.07) is 7.11. The van der Waals surface area contributed by atoms with Gasteiger partial charge in [-0.2, -0.15) is 4.31 Å². The van der Waals surface area contributed by atoms with E-state index in [9.17, 15) is 8.42 Å². The molecule has 1 aromatic rings. The third kappa shape index (κ3) is 2.85. The minimum absolute atomic E-state index is 0.395. The molecule has 2 saturated heterocycles. The summed E-state index contributed by atoms with van der Waals surface area (Å²) in [5.74, 6) is -0.560. The predicted octanol–water partition coefficient (Wildman–Crippen LogP) is 1.91. The largest absolute Gasteiger partial charge is 0.350 e. The van der Waals surface area contributed by atoms with E-state index in [0.717, 1.165) is 12.0 Å². The summed E-state index contributed by atoms with van der Waals surface area (Å²) in [5.41, 5.74) is 0.781. The number of sulfonamides is 1. The molecule has 0 bridgehead atoms. The number of piperidine rings is 1. The van der Waals surface area contributed by atoms with Crippen LogP contribution in [-0.2, 0) is 19.5 Å². The van der Waals surface area contributed by atoms with Crippen molar-refractivity contribution in [3.8, 4) is 0 Å². The van der Waals surface area contributed by atoms with Gasteiger partial charge in [0, 0.05) is 25.9 Å². The molecule has 116 valence electrons. The summed E-state index contributed by atoms with van der Waals surface area (Å²) in [7, 11) is -3.43. The molecule has 2 fully saturated rings. The molecule has 1 aromatic carbocycles. The summed E-state index contributed by atoms with van der Waals surface area (Å²) in [5, 5.41) is 0. The van der Waals surface area contributed by atoms with E-state index in [0.29, 0.717) is 44.0 Å². The molecule has 2 heterocycles. The molecule has 0 amide bonds. The fraction of sp³-hybridized carbons (Fsp3) is 0.600. The van der Waals surface area contributed by atoms with Crippen LogP contribution in [0.5, 0.6) is 0 Å². The van der Waals surface area contributed by atoms with Crippen LogP contribution in [0.3, 0.4) is 0 Å². The summed E-state index contributed by atoms with van der Waals surface area (Å²) < 4.78 is 38.5. The fourth-order valence-electron chi connectivity index (χ4n) is 2.96. The van der Waals surface area contributed by atoms with Gasteiger partial charge >= 0.3 is 0 Å². The van der Waals surface area contributed by atoms with E-state index in [1.807, 2.05) is 19.1 Å². The number of ether oxygens (including phenoxy) is 2. The molecule has 0 radical (unpaired) electrons. The molecular weight excluding hydrogens is 290 g/mol. The maximum absolute atomic E-state index is 12.7. The van der Waals surface area contributed by atoms with Gasteiger partial charge in [0.1, 0.15) is 0 Å². The minimum Gasteiger partial charge on any atom is -0.350 e. The van der Waals surface area contributed by atoms with Crippen LogP contribution in [0, 0.1) is 6.92 Å². The Morgan fingerprint density at radius 3 is 2.33 bits per heavy atom. The number of nitrogens with zero attached hydrogens (tertiary/aromatic N) is 1. The molecular formula is C15H21NO4S. The highest BCUT2D eigenvalue weighted by Gasteiger charge is 2.41. The van der Waals surface area contributed by atoms with Crippen molar-refractivity contribution in [1.82, 2.24) is 4.31 Å². The molecule has 2 aliphatic heterocycles. The van der Waals surface area contributed by atoms with Crippen LogP contribution in [0.2, 0.25) is 0 Å². The van der Waals surface area contributed by atoms with Crippen molar-refractivity contribution < 1.29 is 17.9 Å². The second-order valence-electron chi connectivity index (χ2n) is 5.63. The molecule has 0 atom stereocenters. The van der Waals surface area contributed by atoms with Crippen molar-refractivity contribution >= 4 is 10.0 Å². The van der Waals surface area contributed by atoms with E-state index < -0.39 is 15.8 Å². The van der Waals surface area contributed by atoms with Crippen LogP contribution in [-0.4, -0.2) is 44.8 Å². The van der Waals surface area contributed by atoms with E-state index in [1.165, 1.54) is 0 Å². The highest BCUT2D eigenvalue weighted by Crippen LogP contribution is 2.33. The lowest BCUT2D eigenvalue weighted by Crippen LogP contribution is -2.51. The van der Waals surface area contributed by atoms with E-state index in [1.54, 1.807) is 16.4 Å². The van der Waals surface area contributed by atoms with Crippen LogP contribution >= 0.6 is 0 Å². The van der Waals surface area contributed by atoms with Crippen molar-refractivity contribution in [2.24, 2.45) is 0 Å². The van der Waals surface area contributed by atoms with Gasteiger partial charge in [-0.3, -0.25) is 0 Å². The lowest BCUT2D eigenvalue weighted by atomic mass is 10.0. The van der Waals surface area contributed by atoms with Crippen molar-refractivity contribution in [2.75, 3.05) is 26.3 Å². The van der Waals surface area contributed by atoms with Crippen LogP contribution in [0.15, 0.2) is 29.2 Å². The van der Waals surface area contributed by atoms with Gasteiger partial charge in [0.05, 0.1) is 18.1 Å². The SMILES string of the molecule is Cc1ccccc1S(=O)(=O)N1CCC2(CC1)OCCCO2. The maximum Gasteiger partial charge on any atom is 0.243 e. The first-order valence-corrected chi connectivity index (χ1v) is 8.81. The second-order valence-corrected chi connectivity index (χ2v) is 7.54. The van der Waals surface area contributed by atoms with Gasteiger partial charge in [-0.1, -0.05) is 18.2 Å². The smallest absolute Gasteiger partial charge is 0.243 e. The summed E-state index contributed by atoms with van der Waals surface area (Å²) in [6.07, 6.45) is 2.10. The normalized spacial score (nSPS) is 23.3. The lowest BCUT2D eigenvalue weighted by molar-refractivity contribution is -0.280. The van der Waals surface area contributed by atoms with E-state index in [-0.39, 0.29) is 0 Å². The average molecular weight is 311 g/mol. The molecule has 0 aliphatic carbocycles. The molecule has 0 saturated carbocycles. The Morgan fingerprint density at radius 1 is 1.10 bits per heavy atom. The lowest BCUT2D eigenvalue weighted by Gasteiger charge is -2.42. The first-order chi connectivity index (χ1) is 10.0. The van der Waals surface area contributed by atoms with Crippen LogP contribution in [0.1, 0.15) is 24.8 Å². The summed E-state index contributed by atoms with van der Waals surface area (Å²) >= 11 is 0. The number of hydrogen-bond donors (Lipinski definition) is 0. The molecule has 2 aliphatic rings. The molecule has 0 N–H and O–H groups in total. The third-order valence-corrected chi connectivity index (χ3v) is 6.27. The highest BCUT2D eigenvalue weighted by atomic mass is 32.2. The van der Waals surface area contributed by atoms with Crippen molar-refractivity contribution in [1.29, 1.82) is 0 Å². The molecule has 3 rings (SSSR count). The van der Waals surface area contributed by atoms with Gasteiger partial charge in [-0.25, -0.2) is 8.42 Å². The monoisotopic (exact) mass is 311 g/mol.